The quantitative estimate of drug-likeness (QED) is 0.405. The minimum atomic E-state index is -0.167. The van der Waals surface area contributed by atoms with Crippen LogP contribution in [0.4, 0.5) is 0 Å². The predicted octanol–water partition coefficient (Wildman–Crippen LogP) is 5.36. The maximum Gasteiger partial charge on any atom is 0.338 e. The lowest BCUT2D eigenvalue weighted by Gasteiger charge is -2.09. The Labute approximate surface area is 129 Å². The molecule has 0 aliphatic carbocycles. The Morgan fingerprint density at radius 2 is 1.81 bits per heavy atom. The van der Waals surface area contributed by atoms with Crippen LogP contribution in [0, 0.1) is 6.92 Å². The molecule has 117 valence electrons. The van der Waals surface area contributed by atoms with Crippen molar-refractivity contribution in [2.24, 2.45) is 0 Å². The van der Waals surface area contributed by atoms with Gasteiger partial charge in [-0.1, -0.05) is 70.6 Å². The molecule has 0 aliphatic heterocycles. The number of hydrogen-bond acceptors (Lipinski definition) is 2. The Bertz CT molecular complexity index is 398. The van der Waals surface area contributed by atoms with Crippen LogP contribution in [0.3, 0.4) is 0 Å². The van der Waals surface area contributed by atoms with Crippen LogP contribution in [0.25, 0.3) is 0 Å². The molecule has 0 aliphatic rings. The second kappa shape index (κ2) is 11.4. The van der Waals surface area contributed by atoms with E-state index in [1.54, 1.807) is 0 Å². The van der Waals surface area contributed by atoms with Crippen molar-refractivity contribution >= 4 is 5.97 Å². The Kier molecular flexibility index (Phi) is 9.60. The Balaban J connectivity index is 2.43. The Hall–Kier alpha value is -1.31. The standard InChI is InChI=1S/C19H29O2/c1-3-5-7-9-13-17-14-10-11-15-18(17)19(20)21-16-12-8-6-4-2/h10-11,14-15H,1,3-9,12-13,16H2,2H3. The summed E-state index contributed by atoms with van der Waals surface area (Å²) in [5.74, 6) is -0.167. The fourth-order valence-corrected chi connectivity index (χ4v) is 2.38. The molecule has 1 radical (unpaired) electrons. The number of benzene rings is 1. The smallest absolute Gasteiger partial charge is 0.338 e. The van der Waals surface area contributed by atoms with E-state index < -0.39 is 0 Å². The second-order valence-electron chi connectivity index (χ2n) is 5.52. The summed E-state index contributed by atoms with van der Waals surface area (Å²) in [4.78, 5) is 12.2. The molecule has 0 amide bonds. The number of aryl methyl sites for hydroxylation is 1. The highest BCUT2D eigenvalue weighted by Gasteiger charge is 2.11. The molecule has 0 fully saturated rings. The zero-order valence-electron chi connectivity index (χ0n) is 13.4. The number of carbonyl (C=O) groups is 1. The second-order valence-corrected chi connectivity index (χ2v) is 5.52. The first-order valence-electron chi connectivity index (χ1n) is 8.33. The van der Waals surface area contributed by atoms with Gasteiger partial charge in [-0.25, -0.2) is 4.79 Å². The summed E-state index contributed by atoms with van der Waals surface area (Å²) in [6.07, 6.45) is 9.87. The Morgan fingerprint density at radius 3 is 2.57 bits per heavy atom. The van der Waals surface area contributed by atoms with Crippen LogP contribution in [0.5, 0.6) is 0 Å². The molecule has 0 N–H and O–H groups in total. The highest BCUT2D eigenvalue weighted by molar-refractivity contribution is 5.91. The SMILES string of the molecule is [CH2]CCCCCc1ccccc1C(=O)OCCCCCC. The van der Waals surface area contributed by atoms with Gasteiger partial charge >= 0.3 is 5.97 Å². The van der Waals surface area contributed by atoms with E-state index in [9.17, 15) is 4.79 Å². The third-order valence-corrected chi connectivity index (χ3v) is 3.66. The van der Waals surface area contributed by atoms with Crippen LogP contribution in [0.1, 0.15) is 74.2 Å². The van der Waals surface area contributed by atoms with Crippen molar-refractivity contribution in [2.45, 2.75) is 64.7 Å². The zero-order chi connectivity index (χ0) is 15.3. The van der Waals surface area contributed by atoms with Gasteiger partial charge in [0.25, 0.3) is 0 Å². The highest BCUT2D eigenvalue weighted by Crippen LogP contribution is 2.15. The summed E-state index contributed by atoms with van der Waals surface area (Å²) in [5, 5.41) is 0. The van der Waals surface area contributed by atoms with Gasteiger partial charge in [0.05, 0.1) is 12.2 Å². The molecule has 0 bridgehead atoms. The number of esters is 1. The normalized spacial score (nSPS) is 10.6. The average Bonchev–Trinajstić information content (AvgIpc) is 2.51. The molecule has 0 saturated carbocycles. The van der Waals surface area contributed by atoms with E-state index in [-0.39, 0.29) is 5.97 Å². The van der Waals surface area contributed by atoms with Crippen molar-refractivity contribution in [1.29, 1.82) is 0 Å². The molecule has 0 saturated heterocycles. The van der Waals surface area contributed by atoms with Gasteiger partial charge in [0.2, 0.25) is 0 Å². The first kappa shape index (κ1) is 17.7. The number of unbranched alkanes of at least 4 members (excludes halogenated alkanes) is 6. The molecule has 1 aromatic carbocycles. The van der Waals surface area contributed by atoms with Crippen molar-refractivity contribution in [3.63, 3.8) is 0 Å². The van der Waals surface area contributed by atoms with Gasteiger partial charge in [0.15, 0.2) is 0 Å². The lowest BCUT2D eigenvalue weighted by Crippen LogP contribution is -2.09. The van der Waals surface area contributed by atoms with Gasteiger partial charge in [-0.15, -0.1) is 0 Å². The lowest BCUT2D eigenvalue weighted by atomic mass is 10.0. The van der Waals surface area contributed by atoms with Gasteiger partial charge in [-0.05, 0) is 30.9 Å². The average molecular weight is 289 g/mol. The summed E-state index contributed by atoms with van der Waals surface area (Å²) in [6, 6.07) is 7.82. The van der Waals surface area contributed by atoms with E-state index in [1.807, 2.05) is 24.3 Å². The predicted molar refractivity (Wildman–Crippen MR) is 88.4 cm³/mol. The fourth-order valence-electron chi connectivity index (χ4n) is 2.38. The van der Waals surface area contributed by atoms with Crippen molar-refractivity contribution in [1.82, 2.24) is 0 Å². The van der Waals surface area contributed by atoms with Gasteiger partial charge in [0.1, 0.15) is 0 Å². The topological polar surface area (TPSA) is 26.3 Å². The highest BCUT2D eigenvalue weighted by atomic mass is 16.5. The summed E-state index contributed by atoms with van der Waals surface area (Å²) in [5.41, 5.74) is 1.85. The van der Waals surface area contributed by atoms with Crippen LogP contribution in [0.2, 0.25) is 0 Å². The molecular weight excluding hydrogens is 260 g/mol. The van der Waals surface area contributed by atoms with Gasteiger partial charge < -0.3 is 4.74 Å². The largest absolute Gasteiger partial charge is 0.462 e. The third kappa shape index (κ3) is 7.31. The molecule has 2 nitrogen and oxygen atoms in total. The molecule has 21 heavy (non-hydrogen) atoms. The van der Waals surface area contributed by atoms with Gasteiger partial charge in [-0.3, -0.25) is 0 Å². The lowest BCUT2D eigenvalue weighted by molar-refractivity contribution is 0.0496. The van der Waals surface area contributed by atoms with Gasteiger partial charge in [0, 0.05) is 0 Å². The van der Waals surface area contributed by atoms with Crippen molar-refractivity contribution in [3.8, 4) is 0 Å². The van der Waals surface area contributed by atoms with E-state index in [1.165, 1.54) is 19.3 Å². The monoisotopic (exact) mass is 289 g/mol. The van der Waals surface area contributed by atoms with Crippen LogP contribution in [-0.2, 0) is 11.2 Å². The third-order valence-electron chi connectivity index (χ3n) is 3.66. The van der Waals surface area contributed by atoms with Crippen LogP contribution in [-0.4, -0.2) is 12.6 Å². The molecule has 0 spiro atoms. The van der Waals surface area contributed by atoms with E-state index in [0.29, 0.717) is 6.61 Å². The maximum absolute atomic E-state index is 12.2. The van der Waals surface area contributed by atoms with Crippen molar-refractivity contribution < 1.29 is 9.53 Å². The summed E-state index contributed by atoms with van der Waals surface area (Å²) >= 11 is 0. The molecule has 1 rings (SSSR count). The molecule has 0 atom stereocenters. The Morgan fingerprint density at radius 1 is 1.05 bits per heavy atom. The molecule has 0 aromatic heterocycles. The first-order valence-corrected chi connectivity index (χ1v) is 8.33. The molecule has 2 heteroatoms. The molecule has 1 aromatic rings. The number of rotatable bonds is 11. The maximum atomic E-state index is 12.2. The van der Waals surface area contributed by atoms with Crippen molar-refractivity contribution in [3.05, 3.63) is 42.3 Å². The van der Waals surface area contributed by atoms with E-state index >= 15 is 0 Å². The number of carbonyl (C=O) groups excluding carboxylic acids is 1. The minimum Gasteiger partial charge on any atom is -0.462 e. The van der Waals surface area contributed by atoms with Crippen LogP contribution >= 0.6 is 0 Å². The minimum absolute atomic E-state index is 0.167. The van der Waals surface area contributed by atoms with Crippen LogP contribution in [0.15, 0.2) is 24.3 Å². The summed E-state index contributed by atoms with van der Waals surface area (Å²) in [6.45, 7) is 6.57. The first-order chi connectivity index (χ1) is 10.3. The van der Waals surface area contributed by atoms with E-state index in [2.05, 4.69) is 13.8 Å². The molecule has 0 unspecified atom stereocenters. The summed E-state index contributed by atoms with van der Waals surface area (Å²) in [7, 11) is 0. The number of hydrogen-bond donors (Lipinski definition) is 0. The molecular formula is C19H29O2. The van der Waals surface area contributed by atoms with Gasteiger partial charge in [-0.2, -0.15) is 0 Å². The molecule has 0 heterocycles. The van der Waals surface area contributed by atoms with Crippen LogP contribution < -0.4 is 0 Å². The number of ether oxygens (including phenoxy) is 1. The van der Waals surface area contributed by atoms with E-state index in [4.69, 9.17) is 4.74 Å². The fraction of sp³-hybridized carbons (Fsp3) is 0.579. The zero-order valence-corrected chi connectivity index (χ0v) is 13.4. The summed E-state index contributed by atoms with van der Waals surface area (Å²) < 4.78 is 5.39. The van der Waals surface area contributed by atoms with Crippen molar-refractivity contribution in [2.75, 3.05) is 6.61 Å². The van der Waals surface area contributed by atoms with E-state index in [0.717, 1.165) is 49.7 Å².